The standard InChI is InChI=1S/C20H29NO4/c1-14(2)12-20(6)17(22)25-16(19(3,4)5)21(20)18(23)24-13-15-10-8-7-9-11-15/h7-11,14,16H,12-13H2,1-6H3/t16-,20-/m0/s1. The van der Waals surface area contributed by atoms with Crippen LogP contribution in [0.25, 0.3) is 0 Å². The zero-order chi connectivity index (χ0) is 18.8. The molecule has 2 rings (SSSR count). The van der Waals surface area contributed by atoms with Crippen molar-refractivity contribution in [3.8, 4) is 0 Å². The smallest absolute Gasteiger partial charge is 0.413 e. The van der Waals surface area contributed by atoms with E-state index in [-0.39, 0.29) is 18.5 Å². The van der Waals surface area contributed by atoms with Gasteiger partial charge in [-0.15, -0.1) is 0 Å². The van der Waals surface area contributed by atoms with Crippen LogP contribution in [0.15, 0.2) is 30.3 Å². The van der Waals surface area contributed by atoms with E-state index in [9.17, 15) is 9.59 Å². The molecule has 0 aromatic heterocycles. The lowest BCUT2D eigenvalue weighted by atomic mass is 9.87. The maximum absolute atomic E-state index is 12.9. The first-order chi connectivity index (χ1) is 11.6. The molecule has 0 unspecified atom stereocenters. The van der Waals surface area contributed by atoms with E-state index in [4.69, 9.17) is 9.47 Å². The summed E-state index contributed by atoms with van der Waals surface area (Å²) < 4.78 is 11.1. The van der Waals surface area contributed by atoms with Gasteiger partial charge < -0.3 is 9.47 Å². The van der Waals surface area contributed by atoms with Crippen LogP contribution in [0, 0.1) is 11.3 Å². The summed E-state index contributed by atoms with van der Waals surface area (Å²) in [6, 6.07) is 9.49. The molecular weight excluding hydrogens is 318 g/mol. The zero-order valence-corrected chi connectivity index (χ0v) is 16.0. The van der Waals surface area contributed by atoms with Gasteiger partial charge in [-0.1, -0.05) is 65.0 Å². The van der Waals surface area contributed by atoms with Crippen molar-refractivity contribution in [1.29, 1.82) is 0 Å². The highest BCUT2D eigenvalue weighted by molar-refractivity contribution is 5.88. The maximum atomic E-state index is 12.9. The van der Waals surface area contributed by atoms with Gasteiger partial charge in [0.2, 0.25) is 0 Å². The average molecular weight is 347 g/mol. The fraction of sp³-hybridized carbons (Fsp3) is 0.600. The maximum Gasteiger partial charge on any atom is 0.413 e. The van der Waals surface area contributed by atoms with Crippen LogP contribution in [0.5, 0.6) is 0 Å². The summed E-state index contributed by atoms with van der Waals surface area (Å²) >= 11 is 0. The largest absolute Gasteiger partial charge is 0.444 e. The predicted octanol–water partition coefficient (Wildman–Crippen LogP) is 4.36. The van der Waals surface area contributed by atoms with Crippen molar-refractivity contribution in [3.05, 3.63) is 35.9 Å². The SMILES string of the molecule is CC(C)C[C@@]1(C)C(=O)O[C@@H](C(C)(C)C)N1C(=O)OCc1ccccc1. The average Bonchev–Trinajstić information content (AvgIpc) is 2.77. The van der Waals surface area contributed by atoms with Gasteiger partial charge in [0.05, 0.1) is 0 Å². The van der Waals surface area contributed by atoms with E-state index < -0.39 is 23.3 Å². The Hall–Kier alpha value is -2.04. The van der Waals surface area contributed by atoms with Gasteiger partial charge in [0, 0.05) is 5.41 Å². The number of nitrogens with zero attached hydrogens (tertiary/aromatic N) is 1. The van der Waals surface area contributed by atoms with Crippen LogP contribution in [-0.2, 0) is 20.9 Å². The second kappa shape index (κ2) is 7.06. The second-order valence-electron chi connectivity index (χ2n) is 8.41. The fourth-order valence-corrected chi connectivity index (χ4v) is 3.26. The molecule has 2 atom stereocenters. The van der Waals surface area contributed by atoms with Gasteiger partial charge in [-0.2, -0.15) is 0 Å². The fourth-order valence-electron chi connectivity index (χ4n) is 3.26. The van der Waals surface area contributed by atoms with Gasteiger partial charge in [0.15, 0.2) is 6.23 Å². The van der Waals surface area contributed by atoms with Gasteiger partial charge in [0.1, 0.15) is 12.1 Å². The first kappa shape index (κ1) is 19.3. The number of amides is 1. The van der Waals surface area contributed by atoms with Gasteiger partial charge in [-0.05, 0) is 24.8 Å². The Labute approximate surface area is 150 Å². The van der Waals surface area contributed by atoms with Gasteiger partial charge in [-0.3, -0.25) is 4.90 Å². The third-order valence-corrected chi connectivity index (χ3v) is 4.37. The predicted molar refractivity (Wildman–Crippen MR) is 95.7 cm³/mol. The van der Waals surface area contributed by atoms with Crippen molar-refractivity contribution in [3.63, 3.8) is 0 Å². The molecule has 5 nitrogen and oxygen atoms in total. The summed E-state index contributed by atoms with van der Waals surface area (Å²) in [6.07, 6.45) is -0.636. The molecule has 1 aromatic carbocycles. The molecule has 0 bridgehead atoms. The topological polar surface area (TPSA) is 55.8 Å². The quantitative estimate of drug-likeness (QED) is 0.760. The molecule has 1 heterocycles. The van der Waals surface area contributed by atoms with Crippen molar-refractivity contribution in [1.82, 2.24) is 4.90 Å². The van der Waals surface area contributed by atoms with Gasteiger partial charge >= 0.3 is 12.1 Å². The van der Waals surface area contributed by atoms with Crippen LogP contribution < -0.4 is 0 Å². The summed E-state index contributed by atoms with van der Waals surface area (Å²) in [5.41, 5.74) is -0.518. The molecule has 5 heteroatoms. The zero-order valence-electron chi connectivity index (χ0n) is 16.0. The molecule has 0 aliphatic carbocycles. The third kappa shape index (κ3) is 4.14. The van der Waals surface area contributed by atoms with Crippen LogP contribution in [0.1, 0.15) is 53.5 Å². The minimum Gasteiger partial charge on any atom is -0.444 e. The van der Waals surface area contributed by atoms with E-state index >= 15 is 0 Å². The van der Waals surface area contributed by atoms with E-state index in [0.717, 1.165) is 5.56 Å². The summed E-state index contributed by atoms with van der Waals surface area (Å²) in [4.78, 5) is 27.0. The Morgan fingerprint density at radius 3 is 2.40 bits per heavy atom. The van der Waals surface area contributed by atoms with Crippen LogP contribution >= 0.6 is 0 Å². The lowest BCUT2D eigenvalue weighted by molar-refractivity contribution is -0.149. The van der Waals surface area contributed by atoms with Crippen molar-refractivity contribution in [2.24, 2.45) is 11.3 Å². The molecular formula is C20H29NO4. The number of carbonyl (C=O) groups excluding carboxylic acids is 2. The summed E-state index contributed by atoms with van der Waals surface area (Å²) in [5, 5.41) is 0. The first-order valence-electron chi connectivity index (χ1n) is 8.77. The number of carbonyl (C=O) groups is 2. The molecule has 0 saturated carbocycles. The van der Waals surface area contributed by atoms with E-state index in [2.05, 4.69) is 0 Å². The van der Waals surface area contributed by atoms with Crippen LogP contribution in [0.2, 0.25) is 0 Å². The number of ether oxygens (including phenoxy) is 2. The van der Waals surface area contributed by atoms with Crippen molar-refractivity contribution in [2.75, 3.05) is 0 Å². The lowest BCUT2D eigenvalue weighted by Crippen LogP contribution is -2.55. The minimum atomic E-state index is -1.01. The third-order valence-electron chi connectivity index (χ3n) is 4.37. The molecule has 1 aliphatic heterocycles. The Morgan fingerprint density at radius 1 is 1.28 bits per heavy atom. The molecule has 0 spiro atoms. The normalized spacial score (nSPS) is 23.7. The van der Waals surface area contributed by atoms with E-state index in [1.165, 1.54) is 4.90 Å². The molecule has 25 heavy (non-hydrogen) atoms. The van der Waals surface area contributed by atoms with Gasteiger partial charge in [-0.25, -0.2) is 9.59 Å². The Balaban J connectivity index is 2.26. The number of esters is 1. The summed E-state index contributed by atoms with van der Waals surface area (Å²) in [5.74, 6) is -0.126. The van der Waals surface area contributed by atoms with Crippen molar-refractivity contribution in [2.45, 2.75) is 66.3 Å². The number of hydrogen-bond donors (Lipinski definition) is 0. The summed E-state index contributed by atoms with van der Waals surface area (Å²) in [7, 11) is 0. The summed E-state index contributed by atoms with van der Waals surface area (Å²) in [6.45, 7) is 11.8. The molecule has 1 aromatic rings. The lowest BCUT2D eigenvalue weighted by Gasteiger charge is -2.38. The van der Waals surface area contributed by atoms with Gasteiger partial charge in [0.25, 0.3) is 0 Å². The molecule has 0 radical (unpaired) electrons. The second-order valence-corrected chi connectivity index (χ2v) is 8.41. The number of cyclic esters (lactones) is 1. The molecule has 1 amide bonds. The Kier molecular flexibility index (Phi) is 5.45. The molecule has 1 saturated heterocycles. The van der Waals surface area contributed by atoms with E-state index in [1.54, 1.807) is 6.92 Å². The number of rotatable bonds is 4. The molecule has 138 valence electrons. The molecule has 1 fully saturated rings. The highest BCUT2D eigenvalue weighted by atomic mass is 16.6. The van der Waals surface area contributed by atoms with Crippen LogP contribution in [0.3, 0.4) is 0 Å². The number of benzene rings is 1. The van der Waals surface area contributed by atoms with E-state index in [1.807, 2.05) is 65.0 Å². The Bertz CT molecular complexity index is 620. The minimum absolute atomic E-state index is 0.166. The first-order valence-corrected chi connectivity index (χ1v) is 8.77. The number of hydrogen-bond acceptors (Lipinski definition) is 4. The highest BCUT2D eigenvalue weighted by Gasteiger charge is 2.58. The van der Waals surface area contributed by atoms with Crippen LogP contribution in [-0.4, -0.2) is 28.7 Å². The highest BCUT2D eigenvalue weighted by Crippen LogP contribution is 2.41. The van der Waals surface area contributed by atoms with Crippen LogP contribution in [0.4, 0.5) is 4.79 Å². The van der Waals surface area contributed by atoms with Crippen molar-refractivity contribution < 1.29 is 19.1 Å². The van der Waals surface area contributed by atoms with E-state index in [0.29, 0.717) is 6.42 Å². The molecule has 0 N–H and O–H groups in total. The Morgan fingerprint density at radius 2 is 1.88 bits per heavy atom. The monoisotopic (exact) mass is 347 g/mol. The molecule has 1 aliphatic rings. The van der Waals surface area contributed by atoms with Crippen molar-refractivity contribution >= 4 is 12.1 Å².